The molecule has 2 rings (SSSR count). The summed E-state index contributed by atoms with van der Waals surface area (Å²) >= 11 is 1.81. The first-order valence-corrected chi connectivity index (χ1v) is 10.0. The number of benzene rings is 2. The van der Waals surface area contributed by atoms with Gasteiger partial charge >= 0.3 is 0 Å². The molecule has 0 saturated heterocycles. The van der Waals surface area contributed by atoms with Crippen LogP contribution in [-0.2, 0) is 4.79 Å². The Morgan fingerprint density at radius 1 is 1.08 bits per heavy atom. The Hall–Kier alpha value is -1.80. The van der Waals surface area contributed by atoms with Gasteiger partial charge in [-0.3, -0.25) is 4.79 Å². The quantitative estimate of drug-likeness (QED) is 0.393. The molecule has 0 aliphatic heterocycles. The van der Waals surface area contributed by atoms with Crippen LogP contribution in [0.1, 0.15) is 48.3 Å². The molecule has 2 heteroatoms. The van der Waals surface area contributed by atoms with Crippen molar-refractivity contribution in [2.24, 2.45) is 11.3 Å². The van der Waals surface area contributed by atoms with Crippen LogP contribution in [0.3, 0.4) is 0 Å². The predicted molar refractivity (Wildman–Crippen MR) is 114 cm³/mol. The average Bonchev–Trinajstić information content (AvgIpc) is 2.60. The number of rotatable bonds is 7. The Labute approximate surface area is 162 Å². The van der Waals surface area contributed by atoms with Gasteiger partial charge in [-0.15, -0.1) is 18.3 Å². The van der Waals surface area contributed by atoms with E-state index in [1.165, 1.54) is 27.1 Å². The van der Waals surface area contributed by atoms with Gasteiger partial charge in [0.05, 0.1) is 0 Å². The number of carbonyl (C=O) groups excluding carboxylic acids is 1. The van der Waals surface area contributed by atoms with Gasteiger partial charge in [-0.05, 0) is 51.3 Å². The van der Waals surface area contributed by atoms with Crippen molar-refractivity contribution in [3.63, 3.8) is 0 Å². The maximum atomic E-state index is 13.1. The van der Waals surface area contributed by atoms with Crippen LogP contribution in [0.15, 0.2) is 60.0 Å². The van der Waals surface area contributed by atoms with Crippen LogP contribution in [0.25, 0.3) is 0 Å². The Balaban J connectivity index is 2.47. The molecule has 0 fully saturated rings. The van der Waals surface area contributed by atoms with Crippen molar-refractivity contribution >= 4 is 17.5 Å². The number of ketones is 1. The minimum Gasteiger partial charge on any atom is -0.298 e. The van der Waals surface area contributed by atoms with Crippen LogP contribution in [0.4, 0.5) is 0 Å². The van der Waals surface area contributed by atoms with E-state index in [-0.39, 0.29) is 17.0 Å². The van der Waals surface area contributed by atoms with Crippen LogP contribution >= 0.6 is 11.8 Å². The summed E-state index contributed by atoms with van der Waals surface area (Å²) in [5, 5.41) is 0.0723. The maximum Gasteiger partial charge on any atom is 0.146 e. The maximum absolute atomic E-state index is 13.1. The zero-order valence-corrected chi connectivity index (χ0v) is 17.6. The number of aryl methyl sites for hydroxylation is 3. The second-order valence-corrected chi connectivity index (χ2v) is 8.91. The zero-order chi connectivity index (χ0) is 19.5. The molecule has 26 heavy (non-hydrogen) atoms. The number of carbonyl (C=O) groups is 1. The highest BCUT2D eigenvalue weighted by molar-refractivity contribution is 7.99. The van der Waals surface area contributed by atoms with Gasteiger partial charge in [0.1, 0.15) is 5.78 Å². The highest BCUT2D eigenvalue weighted by Gasteiger charge is 2.34. The normalized spacial score (nSPS) is 13.9. The van der Waals surface area contributed by atoms with Crippen molar-refractivity contribution in [1.82, 2.24) is 0 Å². The van der Waals surface area contributed by atoms with Gasteiger partial charge in [0.2, 0.25) is 0 Å². The summed E-state index contributed by atoms with van der Waals surface area (Å²) in [6.45, 7) is 16.3. The molecule has 0 amide bonds. The monoisotopic (exact) mass is 366 g/mol. The lowest BCUT2D eigenvalue weighted by molar-refractivity contribution is -0.128. The van der Waals surface area contributed by atoms with Gasteiger partial charge in [-0.1, -0.05) is 61.0 Å². The van der Waals surface area contributed by atoms with Crippen LogP contribution in [0, 0.1) is 32.1 Å². The number of hydrogen-bond donors (Lipinski definition) is 0. The number of Topliss-reactive ketones (excluding diaryl/α,β-unsaturated/α-hetero) is 1. The molecule has 0 radical (unpaired) electrons. The summed E-state index contributed by atoms with van der Waals surface area (Å²) in [5.74, 6) is 0.117. The summed E-state index contributed by atoms with van der Waals surface area (Å²) in [6, 6.07) is 14.8. The van der Waals surface area contributed by atoms with E-state index >= 15 is 0 Å². The summed E-state index contributed by atoms with van der Waals surface area (Å²) < 4.78 is 0. The lowest BCUT2D eigenvalue weighted by Gasteiger charge is -2.30. The van der Waals surface area contributed by atoms with Crippen molar-refractivity contribution in [1.29, 1.82) is 0 Å². The Morgan fingerprint density at radius 3 is 2.12 bits per heavy atom. The molecule has 0 saturated carbocycles. The molecule has 2 aromatic rings. The Bertz CT molecular complexity index is 766. The van der Waals surface area contributed by atoms with Crippen molar-refractivity contribution < 1.29 is 4.79 Å². The molecule has 0 aromatic heterocycles. The van der Waals surface area contributed by atoms with Crippen LogP contribution < -0.4 is 0 Å². The van der Waals surface area contributed by atoms with E-state index < -0.39 is 5.41 Å². The fraction of sp³-hybridized carbons (Fsp3) is 0.375. The summed E-state index contributed by atoms with van der Waals surface area (Å²) in [4.78, 5) is 14.4. The van der Waals surface area contributed by atoms with E-state index in [0.717, 1.165) is 0 Å². The third-order valence-corrected chi connectivity index (χ3v) is 6.80. The van der Waals surface area contributed by atoms with E-state index in [9.17, 15) is 4.79 Å². The van der Waals surface area contributed by atoms with E-state index in [1.54, 1.807) is 6.08 Å². The first-order valence-electron chi connectivity index (χ1n) is 9.14. The molecular formula is C24H30OS. The lowest BCUT2D eigenvalue weighted by Crippen LogP contribution is -2.30. The topological polar surface area (TPSA) is 17.1 Å². The van der Waals surface area contributed by atoms with Crippen molar-refractivity contribution in [3.8, 4) is 0 Å². The number of allylic oxidation sites excluding steroid dienone is 1. The molecule has 0 aliphatic rings. The molecule has 2 aromatic carbocycles. The predicted octanol–water partition coefficient (Wildman–Crippen LogP) is 6.86. The molecule has 1 nitrogen and oxygen atoms in total. The number of thioether (sulfide) groups is 1. The Kier molecular flexibility index (Phi) is 6.52. The molecule has 0 unspecified atom stereocenters. The fourth-order valence-corrected chi connectivity index (χ4v) is 4.77. The first kappa shape index (κ1) is 20.5. The largest absolute Gasteiger partial charge is 0.298 e. The molecule has 0 N–H and O–H groups in total. The molecular weight excluding hydrogens is 336 g/mol. The van der Waals surface area contributed by atoms with E-state index in [2.05, 4.69) is 58.5 Å². The molecule has 0 heterocycles. The summed E-state index contributed by atoms with van der Waals surface area (Å²) in [5.41, 5.74) is 4.49. The van der Waals surface area contributed by atoms with Gasteiger partial charge in [-0.25, -0.2) is 0 Å². The second-order valence-electron chi connectivity index (χ2n) is 7.76. The smallest absolute Gasteiger partial charge is 0.146 e. The first-order chi connectivity index (χ1) is 12.2. The highest BCUT2D eigenvalue weighted by Crippen LogP contribution is 2.45. The SMILES string of the molecule is C=CC(C)(C)C(=O)[C@@H](C)[C@H](Sc1c(C)cc(C)cc1C)c1ccccc1. The molecule has 0 aliphatic carbocycles. The second kappa shape index (κ2) is 8.26. The average molecular weight is 367 g/mol. The van der Waals surface area contributed by atoms with E-state index in [1.807, 2.05) is 43.8 Å². The van der Waals surface area contributed by atoms with Gasteiger partial charge in [0.25, 0.3) is 0 Å². The molecule has 138 valence electrons. The van der Waals surface area contributed by atoms with Crippen molar-refractivity contribution in [2.45, 2.75) is 51.7 Å². The summed E-state index contributed by atoms with van der Waals surface area (Å²) in [7, 11) is 0. The van der Waals surface area contributed by atoms with Crippen LogP contribution in [-0.4, -0.2) is 5.78 Å². The summed E-state index contributed by atoms with van der Waals surface area (Å²) in [6.07, 6.45) is 1.76. The standard InChI is InChI=1S/C24H30OS/c1-8-24(6,7)23(25)19(5)22(20-12-10-9-11-13-20)26-21-17(3)14-16(2)15-18(21)4/h8-15,19,22H,1H2,2-7H3/t19-,22-/m0/s1. The van der Waals surface area contributed by atoms with Gasteiger partial charge in [0, 0.05) is 21.5 Å². The van der Waals surface area contributed by atoms with Gasteiger partial charge in [0.15, 0.2) is 0 Å². The minimum atomic E-state index is -0.523. The molecule has 0 bridgehead atoms. The lowest BCUT2D eigenvalue weighted by atomic mass is 9.79. The minimum absolute atomic E-state index is 0.0723. The Morgan fingerprint density at radius 2 is 1.62 bits per heavy atom. The van der Waals surface area contributed by atoms with Crippen LogP contribution in [0.5, 0.6) is 0 Å². The van der Waals surface area contributed by atoms with Crippen molar-refractivity contribution in [2.75, 3.05) is 0 Å². The third kappa shape index (κ3) is 4.48. The van der Waals surface area contributed by atoms with E-state index in [4.69, 9.17) is 0 Å². The molecule has 2 atom stereocenters. The highest BCUT2D eigenvalue weighted by atomic mass is 32.2. The molecule has 0 spiro atoms. The van der Waals surface area contributed by atoms with Gasteiger partial charge in [-0.2, -0.15) is 0 Å². The van der Waals surface area contributed by atoms with Crippen LogP contribution in [0.2, 0.25) is 0 Å². The zero-order valence-electron chi connectivity index (χ0n) is 16.8. The van der Waals surface area contributed by atoms with E-state index in [0.29, 0.717) is 0 Å². The van der Waals surface area contributed by atoms with Crippen molar-refractivity contribution in [3.05, 3.63) is 77.4 Å². The van der Waals surface area contributed by atoms with Gasteiger partial charge < -0.3 is 0 Å². The number of hydrogen-bond acceptors (Lipinski definition) is 2. The fourth-order valence-electron chi connectivity index (χ4n) is 3.41. The third-order valence-electron chi connectivity index (χ3n) is 4.99.